The second-order valence-electron chi connectivity index (χ2n) is 5.77. The van der Waals surface area contributed by atoms with Crippen LogP contribution in [0.15, 0.2) is 29.1 Å². The fraction of sp³-hybridized carbons (Fsp3) is 0.353. The van der Waals surface area contributed by atoms with Crippen molar-refractivity contribution in [2.45, 2.75) is 33.2 Å². The topological polar surface area (TPSA) is 83.1 Å². The minimum Gasteiger partial charge on any atom is -0.350 e. The van der Waals surface area contributed by atoms with Crippen molar-refractivity contribution in [3.63, 3.8) is 0 Å². The van der Waals surface area contributed by atoms with Gasteiger partial charge in [0.1, 0.15) is 0 Å². The van der Waals surface area contributed by atoms with Crippen LogP contribution < -0.4 is 16.0 Å². The summed E-state index contributed by atoms with van der Waals surface area (Å²) in [6, 6.07) is 5.02. The van der Waals surface area contributed by atoms with E-state index in [-0.39, 0.29) is 18.0 Å². The number of anilines is 1. The predicted molar refractivity (Wildman–Crippen MR) is 96.6 cm³/mol. The summed E-state index contributed by atoms with van der Waals surface area (Å²) >= 11 is 1.54. The molecule has 0 atom stereocenters. The first kappa shape index (κ1) is 17.9. The number of urea groups is 1. The lowest BCUT2D eigenvalue weighted by Gasteiger charge is -2.12. The fourth-order valence-electron chi connectivity index (χ4n) is 2.12. The molecule has 24 heavy (non-hydrogen) atoms. The Balaban J connectivity index is 1.87. The van der Waals surface area contributed by atoms with Crippen molar-refractivity contribution >= 4 is 29.0 Å². The van der Waals surface area contributed by atoms with Crippen LogP contribution in [0.2, 0.25) is 0 Å². The minimum atomic E-state index is -0.271. The van der Waals surface area contributed by atoms with Gasteiger partial charge in [-0.25, -0.2) is 9.78 Å². The molecule has 0 saturated carbocycles. The number of hydrogen-bond acceptors (Lipinski definition) is 4. The Labute approximate surface area is 145 Å². The summed E-state index contributed by atoms with van der Waals surface area (Å²) in [7, 11) is 0. The highest BCUT2D eigenvalue weighted by Gasteiger charge is 2.10. The number of aryl methyl sites for hydroxylation is 1. The van der Waals surface area contributed by atoms with Crippen LogP contribution >= 0.6 is 11.3 Å². The monoisotopic (exact) mass is 346 g/mol. The van der Waals surface area contributed by atoms with Crippen LogP contribution in [0, 0.1) is 6.92 Å². The van der Waals surface area contributed by atoms with Gasteiger partial charge in [0.2, 0.25) is 0 Å². The van der Waals surface area contributed by atoms with E-state index >= 15 is 0 Å². The van der Waals surface area contributed by atoms with Gasteiger partial charge in [-0.3, -0.25) is 4.79 Å². The maximum atomic E-state index is 12.0. The zero-order valence-electron chi connectivity index (χ0n) is 14.1. The summed E-state index contributed by atoms with van der Waals surface area (Å²) in [5.74, 6) is -0.118. The largest absolute Gasteiger partial charge is 0.350 e. The first-order chi connectivity index (χ1) is 11.5. The molecule has 2 rings (SSSR count). The Morgan fingerprint density at radius 1 is 1.29 bits per heavy atom. The molecule has 0 saturated heterocycles. The van der Waals surface area contributed by atoms with Gasteiger partial charge >= 0.3 is 6.03 Å². The molecule has 6 nitrogen and oxygen atoms in total. The van der Waals surface area contributed by atoms with Gasteiger partial charge in [0.15, 0.2) is 0 Å². The molecule has 0 aliphatic rings. The number of rotatable bonds is 6. The van der Waals surface area contributed by atoms with E-state index in [1.165, 1.54) is 11.3 Å². The Bertz CT molecular complexity index is 699. The number of carbonyl (C=O) groups is 2. The molecule has 0 bridgehead atoms. The number of nitrogens with one attached hydrogen (secondary N) is 3. The van der Waals surface area contributed by atoms with Gasteiger partial charge < -0.3 is 16.0 Å². The van der Waals surface area contributed by atoms with E-state index in [0.29, 0.717) is 24.2 Å². The van der Waals surface area contributed by atoms with Gasteiger partial charge in [-0.1, -0.05) is 0 Å². The van der Waals surface area contributed by atoms with Gasteiger partial charge in [-0.05, 0) is 44.5 Å². The number of thiazole rings is 1. The third kappa shape index (κ3) is 5.34. The van der Waals surface area contributed by atoms with E-state index in [4.69, 9.17) is 0 Å². The third-order valence-electron chi connectivity index (χ3n) is 3.31. The number of aromatic nitrogens is 1. The molecule has 1 heterocycles. The molecule has 7 heteroatoms. The van der Waals surface area contributed by atoms with Crippen molar-refractivity contribution in [1.82, 2.24) is 15.6 Å². The summed E-state index contributed by atoms with van der Waals surface area (Å²) in [5, 5.41) is 10.4. The average Bonchev–Trinajstić information content (AvgIpc) is 3.02. The van der Waals surface area contributed by atoms with Gasteiger partial charge in [0.25, 0.3) is 5.91 Å². The molecule has 0 aliphatic heterocycles. The molecular formula is C17H22N4O2S. The highest BCUT2D eigenvalue weighted by atomic mass is 32.1. The molecule has 128 valence electrons. The van der Waals surface area contributed by atoms with E-state index in [0.717, 1.165) is 11.3 Å². The lowest BCUT2D eigenvalue weighted by molar-refractivity contribution is 0.0943. The normalized spacial score (nSPS) is 10.5. The van der Waals surface area contributed by atoms with Gasteiger partial charge in [-0.2, -0.15) is 0 Å². The predicted octanol–water partition coefficient (Wildman–Crippen LogP) is 2.95. The summed E-state index contributed by atoms with van der Waals surface area (Å²) in [6.07, 6.45) is 0.699. The molecule has 0 aliphatic carbocycles. The highest BCUT2D eigenvalue weighted by Crippen LogP contribution is 2.16. The number of benzene rings is 1. The first-order valence-corrected chi connectivity index (χ1v) is 8.73. The lowest BCUT2D eigenvalue weighted by Crippen LogP contribution is -2.31. The molecule has 0 radical (unpaired) electrons. The van der Waals surface area contributed by atoms with Crippen molar-refractivity contribution in [2.75, 3.05) is 11.9 Å². The standard InChI is InChI=1S/C17H22N4O2S/c1-11(2)20-16(22)13-4-5-15(12(3)8-13)21-17(23)18-7-6-14-9-24-10-19-14/h4-5,8-11H,6-7H2,1-3H3,(H,20,22)(H2,18,21,23). The zero-order chi connectivity index (χ0) is 17.5. The second kappa shape index (κ2) is 8.44. The number of carbonyl (C=O) groups excluding carboxylic acids is 2. The summed E-state index contributed by atoms with van der Waals surface area (Å²) in [5.41, 5.74) is 4.84. The van der Waals surface area contributed by atoms with Crippen molar-refractivity contribution in [3.8, 4) is 0 Å². The van der Waals surface area contributed by atoms with Crippen LogP contribution in [0.25, 0.3) is 0 Å². The fourth-order valence-corrected chi connectivity index (χ4v) is 2.72. The Morgan fingerprint density at radius 3 is 2.71 bits per heavy atom. The lowest BCUT2D eigenvalue weighted by atomic mass is 10.1. The molecule has 0 unspecified atom stereocenters. The summed E-state index contributed by atoms with van der Waals surface area (Å²) < 4.78 is 0. The van der Waals surface area contributed by atoms with E-state index in [2.05, 4.69) is 20.9 Å². The van der Waals surface area contributed by atoms with Gasteiger partial charge in [0, 0.05) is 35.6 Å². The quantitative estimate of drug-likeness (QED) is 0.752. The van der Waals surface area contributed by atoms with E-state index in [1.807, 2.05) is 26.2 Å². The Kier molecular flexibility index (Phi) is 6.31. The van der Waals surface area contributed by atoms with Crippen LogP contribution in [0.1, 0.15) is 35.5 Å². The van der Waals surface area contributed by atoms with Gasteiger partial charge in [0.05, 0.1) is 11.2 Å². The first-order valence-electron chi connectivity index (χ1n) is 7.79. The molecular weight excluding hydrogens is 324 g/mol. The summed E-state index contributed by atoms with van der Waals surface area (Å²) in [4.78, 5) is 28.1. The van der Waals surface area contributed by atoms with Crippen LogP contribution in [0.4, 0.5) is 10.5 Å². The molecule has 3 N–H and O–H groups in total. The minimum absolute atomic E-state index is 0.0825. The zero-order valence-corrected chi connectivity index (χ0v) is 14.9. The van der Waals surface area contributed by atoms with E-state index < -0.39 is 0 Å². The number of amides is 3. The van der Waals surface area contributed by atoms with Crippen molar-refractivity contribution < 1.29 is 9.59 Å². The third-order valence-corrected chi connectivity index (χ3v) is 3.94. The maximum Gasteiger partial charge on any atom is 0.319 e. The van der Waals surface area contributed by atoms with Crippen LogP contribution in [0.3, 0.4) is 0 Å². The SMILES string of the molecule is Cc1cc(C(=O)NC(C)C)ccc1NC(=O)NCCc1cscn1. The molecule has 3 amide bonds. The summed E-state index contributed by atoms with van der Waals surface area (Å²) in [6.45, 7) is 6.20. The van der Waals surface area contributed by atoms with Gasteiger partial charge in [-0.15, -0.1) is 11.3 Å². The van der Waals surface area contributed by atoms with Crippen LogP contribution in [-0.2, 0) is 6.42 Å². The molecule has 1 aromatic carbocycles. The van der Waals surface area contributed by atoms with Crippen LogP contribution in [-0.4, -0.2) is 29.5 Å². The van der Waals surface area contributed by atoms with Crippen molar-refractivity contribution in [3.05, 3.63) is 45.9 Å². The Hall–Kier alpha value is -2.41. The molecule has 0 spiro atoms. The smallest absolute Gasteiger partial charge is 0.319 e. The highest BCUT2D eigenvalue weighted by molar-refractivity contribution is 7.07. The maximum absolute atomic E-state index is 12.0. The molecule has 0 fully saturated rings. The van der Waals surface area contributed by atoms with E-state index in [1.54, 1.807) is 23.7 Å². The Morgan fingerprint density at radius 2 is 2.08 bits per heavy atom. The second-order valence-corrected chi connectivity index (χ2v) is 6.49. The molecule has 2 aromatic rings. The number of hydrogen-bond donors (Lipinski definition) is 3. The average molecular weight is 346 g/mol. The molecule has 1 aromatic heterocycles. The number of nitrogens with zero attached hydrogens (tertiary/aromatic N) is 1. The van der Waals surface area contributed by atoms with E-state index in [9.17, 15) is 9.59 Å². The van der Waals surface area contributed by atoms with Crippen molar-refractivity contribution in [1.29, 1.82) is 0 Å². The van der Waals surface area contributed by atoms with Crippen molar-refractivity contribution in [2.24, 2.45) is 0 Å². The van der Waals surface area contributed by atoms with Crippen LogP contribution in [0.5, 0.6) is 0 Å².